The van der Waals surface area contributed by atoms with Gasteiger partial charge < -0.3 is 19.8 Å². The fourth-order valence-electron chi connectivity index (χ4n) is 4.21. The number of hydrogen-bond donors (Lipinski definition) is 2. The van der Waals surface area contributed by atoms with Crippen molar-refractivity contribution >= 4 is 17.5 Å². The highest BCUT2D eigenvalue weighted by Gasteiger charge is 2.26. The fraction of sp³-hybridized carbons (Fsp3) is 0.333. The topological polar surface area (TPSA) is 83.8 Å². The molecule has 0 atom stereocenters. The molecule has 0 saturated carbocycles. The van der Waals surface area contributed by atoms with Crippen molar-refractivity contribution in [2.45, 2.75) is 32.9 Å². The Hall–Kier alpha value is -3.58. The first-order valence-electron chi connectivity index (χ1n) is 11.8. The zero-order valence-electron chi connectivity index (χ0n) is 19.5. The molecule has 2 heterocycles. The molecule has 1 aromatic heterocycles. The number of carbonyl (C=O) groups is 2. The van der Waals surface area contributed by atoms with Crippen LogP contribution >= 0.6 is 0 Å². The lowest BCUT2D eigenvalue weighted by atomic mass is 9.95. The molecule has 1 aliphatic heterocycles. The number of amides is 2. The van der Waals surface area contributed by atoms with Gasteiger partial charge in [0.25, 0.3) is 5.91 Å². The van der Waals surface area contributed by atoms with Crippen molar-refractivity contribution in [2.24, 2.45) is 5.92 Å². The number of rotatable bonds is 9. The Morgan fingerprint density at radius 2 is 1.88 bits per heavy atom. The number of nitrogens with one attached hydrogen (secondary N) is 2. The molecule has 0 spiro atoms. The minimum atomic E-state index is -0.253. The number of para-hydroxylation sites is 1. The van der Waals surface area contributed by atoms with Gasteiger partial charge >= 0.3 is 0 Å². The number of hydrogen-bond acceptors (Lipinski definition) is 5. The largest absolute Gasteiger partial charge is 0.494 e. The minimum absolute atomic E-state index is 0.0377. The molecule has 1 saturated heterocycles. The molecule has 0 bridgehead atoms. The predicted molar refractivity (Wildman–Crippen MR) is 131 cm³/mol. The molecular weight excluding hydrogens is 430 g/mol. The standard InChI is InChI=1S/C27H31N3O4/c1-2-33-22-8-5-7-20(17-22)19-30-14-12-21(13-15-30)26(31)29-25-11-4-3-10-24(25)27(32)28-18-23-9-6-16-34-23/h3-11,16-17,21H,2,12-15,18-19H2,1H3,(H,28,32)(H,29,31). The maximum Gasteiger partial charge on any atom is 0.253 e. The van der Waals surface area contributed by atoms with E-state index in [0.717, 1.165) is 38.2 Å². The lowest BCUT2D eigenvalue weighted by Crippen LogP contribution is -2.38. The van der Waals surface area contributed by atoms with Crippen LogP contribution in [0, 0.1) is 5.92 Å². The number of furan rings is 1. The van der Waals surface area contributed by atoms with Gasteiger partial charge in [-0.25, -0.2) is 0 Å². The first-order valence-corrected chi connectivity index (χ1v) is 11.8. The van der Waals surface area contributed by atoms with Gasteiger partial charge in [0.05, 0.1) is 30.7 Å². The average Bonchev–Trinajstić information content (AvgIpc) is 3.38. The summed E-state index contributed by atoms with van der Waals surface area (Å²) < 4.78 is 10.9. The summed E-state index contributed by atoms with van der Waals surface area (Å²) in [7, 11) is 0. The van der Waals surface area contributed by atoms with Crippen LogP contribution in [0.4, 0.5) is 5.69 Å². The highest BCUT2D eigenvalue weighted by molar-refractivity contribution is 6.04. The van der Waals surface area contributed by atoms with E-state index in [1.807, 2.05) is 25.1 Å². The molecule has 2 aromatic carbocycles. The summed E-state index contributed by atoms with van der Waals surface area (Å²) in [5.74, 6) is 1.19. The highest BCUT2D eigenvalue weighted by Crippen LogP contribution is 2.23. The van der Waals surface area contributed by atoms with E-state index in [-0.39, 0.29) is 17.7 Å². The van der Waals surface area contributed by atoms with Gasteiger partial charge in [-0.05, 0) is 74.8 Å². The first-order chi connectivity index (χ1) is 16.6. The van der Waals surface area contributed by atoms with Gasteiger partial charge in [-0.2, -0.15) is 0 Å². The number of likely N-dealkylation sites (tertiary alicyclic amines) is 1. The predicted octanol–water partition coefficient (Wildman–Crippen LogP) is 4.46. The Labute approximate surface area is 200 Å². The van der Waals surface area contributed by atoms with Gasteiger partial charge in [0.15, 0.2) is 0 Å². The normalized spacial score (nSPS) is 14.5. The number of ether oxygens (including phenoxy) is 1. The fourth-order valence-corrected chi connectivity index (χ4v) is 4.21. The average molecular weight is 462 g/mol. The van der Waals surface area contributed by atoms with Gasteiger partial charge in [0, 0.05) is 12.5 Å². The second-order valence-electron chi connectivity index (χ2n) is 8.43. The number of piperidine rings is 1. The van der Waals surface area contributed by atoms with Crippen LogP contribution in [0.2, 0.25) is 0 Å². The Morgan fingerprint density at radius 3 is 2.65 bits per heavy atom. The van der Waals surface area contributed by atoms with Crippen LogP contribution < -0.4 is 15.4 Å². The maximum atomic E-state index is 13.0. The van der Waals surface area contributed by atoms with E-state index in [0.29, 0.717) is 30.2 Å². The van der Waals surface area contributed by atoms with Gasteiger partial charge in [0.1, 0.15) is 11.5 Å². The molecule has 178 valence electrons. The van der Waals surface area contributed by atoms with Crippen molar-refractivity contribution in [3.63, 3.8) is 0 Å². The van der Waals surface area contributed by atoms with Crippen molar-refractivity contribution in [1.29, 1.82) is 0 Å². The van der Waals surface area contributed by atoms with E-state index in [1.165, 1.54) is 5.56 Å². The molecule has 3 aromatic rings. The minimum Gasteiger partial charge on any atom is -0.494 e. The highest BCUT2D eigenvalue weighted by atomic mass is 16.5. The summed E-state index contributed by atoms with van der Waals surface area (Å²) in [6, 6.07) is 18.8. The van der Waals surface area contributed by atoms with E-state index >= 15 is 0 Å². The second kappa shape index (κ2) is 11.5. The smallest absolute Gasteiger partial charge is 0.253 e. The Morgan fingerprint density at radius 1 is 1.06 bits per heavy atom. The van der Waals surface area contributed by atoms with Crippen molar-refractivity contribution in [1.82, 2.24) is 10.2 Å². The third-order valence-electron chi connectivity index (χ3n) is 6.01. The summed E-state index contributed by atoms with van der Waals surface area (Å²) in [6.45, 7) is 5.46. The number of benzene rings is 2. The molecule has 0 unspecified atom stereocenters. The number of carbonyl (C=O) groups excluding carboxylic acids is 2. The van der Waals surface area contributed by atoms with Crippen LogP contribution in [0.1, 0.15) is 41.4 Å². The lowest BCUT2D eigenvalue weighted by molar-refractivity contribution is -0.121. The SMILES string of the molecule is CCOc1cccc(CN2CCC(C(=O)Nc3ccccc3C(=O)NCc3ccco3)CC2)c1. The number of nitrogens with zero attached hydrogens (tertiary/aromatic N) is 1. The number of anilines is 1. The van der Waals surface area contributed by atoms with Crippen LogP contribution in [0.5, 0.6) is 5.75 Å². The molecule has 1 fully saturated rings. The van der Waals surface area contributed by atoms with Crippen molar-refractivity contribution in [2.75, 3.05) is 25.0 Å². The zero-order chi connectivity index (χ0) is 23.8. The molecule has 0 aliphatic carbocycles. The molecule has 4 rings (SSSR count). The quantitative estimate of drug-likeness (QED) is 0.492. The molecular formula is C27H31N3O4. The molecule has 7 nitrogen and oxygen atoms in total. The molecule has 1 aliphatic rings. The molecule has 2 N–H and O–H groups in total. The van der Waals surface area contributed by atoms with Crippen LogP contribution in [0.3, 0.4) is 0 Å². The summed E-state index contributed by atoms with van der Waals surface area (Å²) in [5, 5.41) is 5.82. The Kier molecular flexibility index (Phi) is 7.99. The van der Waals surface area contributed by atoms with E-state index in [2.05, 4.69) is 27.7 Å². The van der Waals surface area contributed by atoms with Crippen LogP contribution in [0.25, 0.3) is 0 Å². The third kappa shape index (κ3) is 6.26. The monoisotopic (exact) mass is 461 g/mol. The van der Waals surface area contributed by atoms with Crippen molar-refractivity contribution in [3.8, 4) is 5.75 Å². The molecule has 2 amide bonds. The van der Waals surface area contributed by atoms with Crippen molar-refractivity contribution in [3.05, 3.63) is 83.8 Å². The van der Waals surface area contributed by atoms with Gasteiger partial charge in [-0.3, -0.25) is 14.5 Å². The summed E-state index contributed by atoms with van der Waals surface area (Å²) in [6.07, 6.45) is 3.13. The zero-order valence-corrected chi connectivity index (χ0v) is 19.5. The summed E-state index contributed by atoms with van der Waals surface area (Å²) in [5.41, 5.74) is 2.18. The van der Waals surface area contributed by atoms with E-state index in [9.17, 15) is 9.59 Å². The summed E-state index contributed by atoms with van der Waals surface area (Å²) >= 11 is 0. The van der Waals surface area contributed by atoms with Gasteiger partial charge in [-0.1, -0.05) is 24.3 Å². The molecule has 0 radical (unpaired) electrons. The van der Waals surface area contributed by atoms with E-state index in [4.69, 9.17) is 9.15 Å². The first kappa shape index (κ1) is 23.6. The Bertz CT molecular complexity index is 1090. The van der Waals surface area contributed by atoms with Crippen LogP contribution in [-0.2, 0) is 17.9 Å². The Balaban J connectivity index is 1.29. The van der Waals surface area contributed by atoms with Crippen LogP contribution in [0.15, 0.2) is 71.3 Å². The molecule has 34 heavy (non-hydrogen) atoms. The lowest BCUT2D eigenvalue weighted by Gasteiger charge is -2.31. The third-order valence-corrected chi connectivity index (χ3v) is 6.01. The van der Waals surface area contributed by atoms with E-state index in [1.54, 1.807) is 36.6 Å². The second-order valence-corrected chi connectivity index (χ2v) is 8.43. The van der Waals surface area contributed by atoms with Crippen LogP contribution in [-0.4, -0.2) is 36.4 Å². The van der Waals surface area contributed by atoms with Gasteiger partial charge in [-0.15, -0.1) is 0 Å². The van der Waals surface area contributed by atoms with E-state index < -0.39 is 0 Å². The summed E-state index contributed by atoms with van der Waals surface area (Å²) in [4.78, 5) is 28.0. The maximum absolute atomic E-state index is 13.0. The van der Waals surface area contributed by atoms with Crippen molar-refractivity contribution < 1.29 is 18.7 Å². The van der Waals surface area contributed by atoms with Gasteiger partial charge in [0.2, 0.25) is 5.91 Å². The molecule has 7 heteroatoms.